The summed E-state index contributed by atoms with van der Waals surface area (Å²) in [6.45, 7) is 4.28. The van der Waals surface area contributed by atoms with E-state index in [1.54, 1.807) is 0 Å². The van der Waals surface area contributed by atoms with Gasteiger partial charge in [0.1, 0.15) is 0 Å². The van der Waals surface area contributed by atoms with Gasteiger partial charge in [-0.05, 0) is 12.8 Å². The summed E-state index contributed by atoms with van der Waals surface area (Å²) >= 11 is 0. The first-order chi connectivity index (χ1) is 8.20. The van der Waals surface area contributed by atoms with Crippen LogP contribution in [0.1, 0.15) is 58.8 Å². The van der Waals surface area contributed by atoms with Crippen molar-refractivity contribution in [1.82, 2.24) is 4.90 Å². The molecule has 0 aromatic carbocycles. The minimum atomic E-state index is -0.135. The minimum Gasteiger partial charge on any atom is -0.272 e. The number of hydrogen-bond donors (Lipinski definition) is 0. The molecule has 0 spiro atoms. The van der Waals surface area contributed by atoms with E-state index in [2.05, 4.69) is 13.8 Å². The van der Waals surface area contributed by atoms with Crippen LogP contribution in [-0.4, -0.2) is 22.8 Å². The summed E-state index contributed by atoms with van der Waals surface area (Å²) in [5.41, 5.74) is 0. The molecule has 17 heavy (non-hydrogen) atoms. The van der Waals surface area contributed by atoms with Gasteiger partial charge in [0.2, 0.25) is 0 Å². The Kier molecular flexibility index (Phi) is 5.95. The van der Waals surface area contributed by atoms with Crippen molar-refractivity contribution in [3.63, 3.8) is 0 Å². The maximum Gasteiger partial charge on any atom is 0.253 e. The maximum atomic E-state index is 11.6. The standard InChI is InChI=1S/C14H23NO2/c1-3-5-6-7-9-12(8-4-2)15-13(16)10-11-14(15)17/h10-12H,3-9H2,1-2H3/t12-/m0/s1. The fourth-order valence-corrected chi connectivity index (χ4v) is 2.31. The van der Waals surface area contributed by atoms with E-state index in [0.29, 0.717) is 0 Å². The molecule has 0 aromatic heterocycles. The highest BCUT2D eigenvalue weighted by atomic mass is 16.2. The first-order valence-electron chi connectivity index (χ1n) is 6.76. The Morgan fingerprint density at radius 2 is 1.59 bits per heavy atom. The van der Waals surface area contributed by atoms with Crippen molar-refractivity contribution in [1.29, 1.82) is 0 Å². The van der Waals surface area contributed by atoms with Crippen LogP contribution < -0.4 is 0 Å². The molecule has 0 fully saturated rings. The number of imide groups is 1. The van der Waals surface area contributed by atoms with Gasteiger partial charge in [-0.15, -0.1) is 0 Å². The lowest BCUT2D eigenvalue weighted by atomic mass is 10.0. The SMILES string of the molecule is CCCCCC[C@H](CCC)N1C(=O)C=CC1=O. The van der Waals surface area contributed by atoms with Crippen molar-refractivity contribution >= 4 is 11.8 Å². The molecular formula is C14H23NO2. The topological polar surface area (TPSA) is 37.4 Å². The second-order valence-electron chi connectivity index (χ2n) is 4.67. The molecule has 1 rings (SSSR count). The largest absolute Gasteiger partial charge is 0.272 e. The Morgan fingerprint density at radius 3 is 2.12 bits per heavy atom. The number of nitrogens with zero attached hydrogens (tertiary/aromatic N) is 1. The Bertz CT molecular complexity index is 279. The summed E-state index contributed by atoms with van der Waals surface area (Å²) in [6, 6.07) is 0.104. The van der Waals surface area contributed by atoms with Gasteiger partial charge in [0.15, 0.2) is 0 Å². The molecule has 3 nitrogen and oxygen atoms in total. The summed E-state index contributed by atoms with van der Waals surface area (Å²) in [5.74, 6) is -0.270. The van der Waals surface area contributed by atoms with Crippen LogP contribution in [0.15, 0.2) is 12.2 Å². The molecule has 2 amide bonds. The van der Waals surface area contributed by atoms with Crippen LogP contribution in [0.3, 0.4) is 0 Å². The van der Waals surface area contributed by atoms with Crippen LogP contribution in [0.2, 0.25) is 0 Å². The van der Waals surface area contributed by atoms with Crippen molar-refractivity contribution in [3.05, 3.63) is 12.2 Å². The molecule has 1 aliphatic rings. The highest BCUT2D eigenvalue weighted by Gasteiger charge is 2.29. The second-order valence-corrected chi connectivity index (χ2v) is 4.67. The fourth-order valence-electron chi connectivity index (χ4n) is 2.31. The van der Waals surface area contributed by atoms with Crippen molar-refractivity contribution in [2.24, 2.45) is 0 Å². The molecule has 0 saturated heterocycles. The van der Waals surface area contributed by atoms with Crippen molar-refractivity contribution in [3.8, 4) is 0 Å². The van der Waals surface area contributed by atoms with Crippen molar-refractivity contribution in [2.75, 3.05) is 0 Å². The van der Waals surface area contributed by atoms with E-state index in [1.165, 1.54) is 36.3 Å². The molecule has 96 valence electrons. The highest BCUT2D eigenvalue weighted by molar-refractivity contribution is 6.13. The lowest BCUT2D eigenvalue weighted by Crippen LogP contribution is -2.39. The van der Waals surface area contributed by atoms with E-state index in [4.69, 9.17) is 0 Å². The van der Waals surface area contributed by atoms with Gasteiger partial charge >= 0.3 is 0 Å². The third-order valence-corrected chi connectivity index (χ3v) is 3.22. The average Bonchev–Trinajstić information content (AvgIpc) is 2.63. The quantitative estimate of drug-likeness (QED) is 0.480. The van der Waals surface area contributed by atoms with Gasteiger partial charge in [0, 0.05) is 18.2 Å². The molecule has 3 heteroatoms. The maximum absolute atomic E-state index is 11.6. The number of hydrogen-bond acceptors (Lipinski definition) is 2. The van der Waals surface area contributed by atoms with E-state index in [-0.39, 0.29) is 17.9 Å². The van der Waals surface area contributed by atoms with Crippen LogP contribution in [0.25, 0.3) is 0 Å². The molecule has 0 saturated carbocycles. The van der Waals surface area contributed by atoms with Gasteiger partial charge in [-0.3, -0.25) is 14.5 Å². The summed E-state index contributed by atoms with van der Waals surface area (Å²) in [4.78, 5) is 24.7. The molecule has 1 heterocycles. The second kappa shape index (κ2) is 7.25. The van der Waals surface area contributed by atoms with Gasteiger partial charge in [-0.1, -0.05) is 46.0 Å². The van der Waals surface area contributed by atoms with E-state index < -0.39 is 0 Å². The van der Waals surface area contributed by atoms with Crippen molar-refractivity contribution < 1.29 is 9.59 Å². The first-order valence-corrected chi connectivity index (χ1v) is 6.76. The number of amides is 2. The molecule has 0 N–H and O–H groups in total. The monoisotopic (exact) mass is 237 g/mol. The van der Waals surface area contributed by atoms with Crippen molar-refractivity contribution in [2.45, 2.75) is 64.8 Å². The fraction of sp³-hybridized carbons (Fsp3) is 0.714. The van der Waals surface area contributed by atoms with Crippen LogP contribution in [0.4, 0.5) is 0 Å². The van der Waals surface area contributed by atoms with Crippen LogP contribution >= 0.6 is 0 Å². The molecule has 1 aliphatic heterocycles. The Labute approximate surface area is 104 Å². The van der Waals surface area contributed by atoms with Gasteiger partial charge in [-0.25, -0.2) is 0 Å². The molecule has 1 atom stereocenters. The number of carbonyl (C=O) groups is 2. The van der Waals surface area contributed by atoms with Gasteiger partial charge in [-0.2, -0.15) is 0 Å². The minimum absolute atomic E-state index is 0.104. The van der Waals surface area contributed by atoms with Gasteiger partial charge < -0.3 is 0 Å². The Hall–Kier alpha value is -1.12. The first kappa shape index (κ1) is 13.9. The highest BCUT2D eigenvalue weighted by Crippen LogP contribution is 2.19. The zero-order valence-electron chi connectivity index (χ0n) is 10.9. The lowest BCUT2D eigenvalue weighted by molar-refractivity contribution is -0.139. The molecular weight excluding hydrogens is 214 g/mol. The summed E-state index contributed by atoms with van der Waals surface area (Å²) in [7, 11) is 0. The zero-order valence-corrected chi connectivity index (χ0v) is 10.9. The van der Waals surface area contributed by atoms with Crippen LogP contribution in [0, 0.1) is 0 Å². The van der Waals surface area contributed by atoms with E-state index in [9.17, 15) is 9.59 Å². The number of carbonyl (C=O) groups excluding carboxylic acids is 2. The Morgan fingerprint density at radius 1 is 0.941 bits per heavy atom. The molecule has 0 bridgehead atoms. The average molecular weight is 237 g/mol. The normalized spacial score (nSPS) is 16.9. The molecule has 0 radical (unpaired) electrons. The van der Waals surface area contributed by atoms with E-state index in [0.717, 1.165) is 25.7 Å². The predicted octanol–water partition coefficient (Wildman–Crippen LogP) is 3.05. The molecule has 0 aromatic rings. The third-order valence-electron chi connectivity index (χ3n) is 3.22. The van der Waals surface area contributed by atoms with Gasteiger partial charge in [0.05, 0.1) is 0 Å². The predicted molar refractivity (Wildman–Crippen MR) is 68.4 cm³/mol. The molecule has 0 aliphatic carbocycles. The number of unbranched alkanes of at least 4 members (excludes halogenated alkanes) is 3. The summed E-state index contributed by atoms with van der Waals surface area (Å²) < 4.78 is 0. The molecule has 0 unspecified atom stereocenters. The van der Waals surface area contributed by atoms with E-state index >= 15 is 0 Å². The van der Waals surface area contributed by atoms with Crippen LogP contribution in [0.5, 0.6) is 0 Å². The van der Waals surface area contributed by atoms with Crippen LogP contribution in [-0.2, 0) is 9.59 Å². The van der Waals surface area contributed by atoms with Gasteiger partial charge in [0.25, 0.3) is 11.8 Å². The zero-order chi connectivity index (χ0) is 12.7. The lowest BCUT2D eigenvalue weighted by Gasteiger charge is -2.25. The third kappa shape index (κ3) is 3.99. The van der Waals surface area contributed by atoms with E-state index in [1.807, 2.05) is 0 Å². The number of rotatable bonds is 8. The summed E-state index contributed by atoms with van der Waals surface area (Å²) in [5, 5.41) is 0. The summed E-state index contributed by atoms with van der Waals surface area (Å²) in [6.07, 6.45) is 10.4. The smallest absolute Gasteiger partial charge is 0.253 e. The Balaban J connectivity index is 2.47.